The van der Waals surface area contributed by atoms with Gasteiger partial charge in [0.25, 0.3) is 0 Å². The first-order valence-corrected chi connectivity index (χ1v) is 5.95. The summed E-state index contributed by atoms with van der Waals surface area (Å²) in [5.74, 6) is -0.790. The number of rotatable bonds is 5. The quantitative estimate of drug-likeness (QED) is 0.842. The number of ether oxygens (including phenoxy) is 1. The summed E-state index contributed by atoms with van der Waals surface area (Å²) in [5.41, 5.74) is 5.65. The molecule has 112 valence electrons. The lowest BCUT2D eigenvalue weighted by atomic mass is 10.3. The van der Waals surface area contributed by atoms with E-state index in [1.807, 2.05) is 0 Å². The second-order valence-corrected chi connectivity index (χ2v) is 4.14. The molecule has 0 aromatic carbocycles. The molecule has 5 nitrogen and oxygen atoms in total. The molecule has 2 N–H and O–H groups in total. The Morgan fingerprint density at radius 3 is 2.60 bits per heavy atom. The Morgan fingerprint density at radius 2 is 2.10 bits per heavy atom. The molecule has 0 saturated carbocycles. The highest BCUT2D eigenvalue weighted by molar-refractivity contribution is 5.88. The fourth-order valence-corrected chi connectivity index (χ4v) is 1.68. The first-order valence-electron chi connectivity index (χ1n) is 5.95. The zero-order chi connectivity index (χ0) is 15.3. The van der Waals surface area contributed by atoms with Crippen molar-refractivity contribution in [2.24, 2.45) is 0 Å². The SMILES string of the molecule is CCCN(CC(F)(F)F)c1nc(C(=O)OC)ccc1N. The topological polar surface area (TPSA) is 68.5 Å². The molecular weight excluding hydrogens is 275 g/mol. The number of esters is 1. The maximum atomic E-state index is 12.6. The van der Waals surface area contributed by atoms with Gasteiger partial charge >= 0.3 is 12.1 Å². The van der Waals surface area contributed by atoms with Gasteiger partial charge in [0.2, 0.25) is 0 Å². The summed E-state index contributed by atoms with van der Waals surface area (Å²) in [7, 11) is 1.17. The van der Waals surface area contributed by atoms with E-state index in [2.05, 4.69) is 9.72 Å². The van der Waals surface area contributed by atoms with E-state index in [9.17, 15) is 18.0 Å². The summed E-state index contributed by atoms with van der Waals surface area (Å²) >= 11 is 0. The molecule has 1 aromatic heterocycles. The minimum Gasteiger partial charge on any atom is -0.464 e. The molecule has 0 aliphatic heterocycles. The zero-order valence-corrected chi connectivity index (χ0v) is 11.2. The monoisotopic (exact) mass is 291 g/mol. The molecule has 1 rings (SSSR count). The number of hydrogen-bond donors (Lipinski definition) is 1. The summed E-state index contributed by atoms with van der Waals surface area (Å²) in [6, 6.07) is 2.65. The third-order valence-corrected chi connectivity index (χ3v) is 2.46. The average Bonchev–Trinajstić information content (AvgIpc) is 2.36. The van der Waals surface area contributed by atoms with Gasteiger partial charge in [-0.05, 0) is 18.6 Å². The van der Waals surface area contributed by atoms with Crippen LogP contribution in [0.25, 0.3) is 0 Å². The van der Waals surface area contributed by atoms with E-state index in [4.69, 9.17) is 5.73 Å². The molecule has 0 unspecified atom stereocenters. The molecule has 0 radical (unpaired) electrons. The molecule has 0 fully saturated rings. The molecule has 1 aromatic rings. The molecule has 20 heavy (non-hydrogen) atoms. The number of aromatic nitrogens is 1. The molecule has 1 heterocycles. The van der Waals surface area contributed by atoms with Crippen molar-refractivity contribution in [2.75, 3.05) is 30.8 Å². The van der Waals surface area contributed by atoms with Gasteiger partial charge in [0, 0.05) is 6.54 Å². The average molecular weight is 291 g/mol. The Hall–Kier alpha value is -1.99. The molecule has 0 amide bonds. The summed E-state index contributed by atoms with van der Waals surface area (Å²) in [5, 5.41) is 0. The fraction of sp³-hybridized carbons (Fsp3) is 0.500. The van der Waals surface area contributed by atoms with Crippen LogP contribution in [0.4, 0.5) is 24.7 Å². The lowest BCUT2D eigenvalue weighted by Gasteiger charge is -2.25. The number of pyridine rings is 1. The standard InChI is InChI=1S/C12H16F3N3O2/c1-3-6-18(7-12(13,14)15)10-8(16)4-5-9(17-10)11(19)20-2/h4-5H,3,6-7,16H2,1-2H3. The largest absolute Gasteiger partial charge is 0.464 e. The number of nitrogens with two attached hydrogens (primary N) is 1. The van der Waals surface area contributed by atoms with Gasteiger partial charge in [-0.25, -0.2) is 9.78 Å². The number of carbonyl (C=O) groups excluding carboxylic acids is 1. The van der Waals surface area contributed by atoms with Crippen LogP contribution in [0.5, 0.6) is 0 Å². The minimum absolute atomic E-state index is 0.0629. The third kappa shape index (κ3) is 4.29. The minimum atomic E-state index is -4.38. The lowest BCUT2D eigenvalue weighted by molar-refractivity contribution is -0.119. The maximum Gasteiger partial charge on any atom is 0.405 e. The van der Waals surface area contributed by atoms with Crippen molar-refractivity contribution < 1.29 is 22.7 Å². The Morgan fingerprint density at radius 1 is 1.45 bits per heavy atom. The number of nitrogen functional groups attached to an aromatic ring is 1. The fourth-order valence-electron chi connectivity index (χ4n) is 1.68. The Kier molecular flexibility index (Phi) is 5.18. The van der Waals surface area contributed by atoms with Crippen LogP contribution in [0.3, 0.4) is 0 Å². The molecule has 0 atom stereocenters. The van der Waals surface area contributed by atoms with Crippen LogP contribution in [-0.2, 0) is 4.74 Å². The predicted molar refractivity (Wildman–Crippen MR) is 68.5 cm³/mol. The van der Waals surface area contributed by atoms with Gasteiger partial charge in [0.1, 0.15) is 6.54 Å². The van der Waals surface area contributed by atoms with Crippen molar-refractivity contribution in [3.05, 3.63) is 17.8 Å². The van der Waals surface area contributed by atoms with E-state index in [1.54, 1.807) is 6.92 Å². The highest BCUT2D eigenvalue weighted by atomic mass is 19.4. The predicted octanol–water partition coefficient (Wildman–Crippen LogP) is 2.23. The number of methoxy groups -OCH3 is 1. The van der Waals surface area contributed by atoms with E-state index < -0.39 is 18.7 Å². The van der Waals surface area contributed by atoms with Crippen molar-refractivity contribution in [3.63, 3.8) is 0 Å². The van der Waals surface area contributed by atoms with Gasteiger partial charge < -0.3 is 15.4 Å². The summed E-state index contributed by atoms with van der Waals surface area (Å²) in [6.45, 7) is 0.688. The van der Waals surface area contributed by atoms with Crippen molar-refractivity contribution in [1.29, 1.82) is 0 Å². The summed E-state index contributed by atoms with van der Waals surface area (Å²) in [4.78, 5) is 16.3. The van der Waals surface area contributed by atoms with Crippen LogP contribution in [0.15, 0.2) is 12.1 Å². The Labute approximate surface area is 114 Å². The molecule has 8 heteroatoms. The van der Waals surface area contributed by atoms with Gasteiger partial charge in [-0.2, -0.15) is 13.2 Å². The number of anilines is 2. The van der Waals surface area contributed by atoms with E-state index in [1.165, 1.54) is 19.2 Å². The number of nitrogens with zero attached hydrogens (tertiary/aromatic N) is 2. The first-order chi connectivity index (χ1) is 9.28. The summed E-state index contributed by atoms with van der Waals surface area (Å²) < 4.78 is 42.2. The molecule has 0 aliphatic carbocycles. The zero-order valence-electron chi connectivity index (χ0n) is 11.2. The number of halogens is 3. The highest BCUT2D eigenvalue weighted by Crippen LogP contribution is 2.26. The van der Waals surface area contributed by atoms with Gasteiger partial charge in [0.05, 0.1) is 12.8 Å². The van der Waals surface area contributed by atoms with Gasteiger partial charge in [-0.3, -0.25) is 0 Å². The van der Waals surface area contributed by atoms with Crippen LogP contribution < -0.4 is 10.6 Å². The second kappa shape index (κ2) is 6.44. The number of hydrogen-bond acceptors (Lipinski definition) is 5. The van der Waals surface area contributed by atoms with E-state index in [0.717, 1.165) is 4.90 Å². The van der Waals surface area contributed by atoms with Crippen molar-refractivity contribution in [2.45, 2.75) is 19.5 Å². The number of alkyl halides is 3. The van der Waals surface area contributed by atoms with Crippen LogP contribution in [-0.4, -0.2) is 37.3 Å². The summed E-state index contributed by atoms with van der Waals surface area (Å²) in [6.07, 6.45) is -3.90. The highest BCUT2D eigenvalue weighted by Gasteiger charge is 2.32. The van der Waals surface area contributed by atoms with Crippen molar-refractivity contribution >= 4 is 17.5 Å². The smallest absolute Gasteiger partial charge is 0.405 e. The van der Waals surface area contributed by atoms with Gasteiger partial charge in [0.15, 0.2) is 11.5 Å². The van der Waals surface area contributed by atoms with E-state index in [-0.39, 0.29) is 23.7 Å². The Bertz CT molecular complexity index is 478. The first kappa shape index (κ1) is 16.1. The molecule has 0 aliphatic rings. The van der Waals surface area contributed by atoms with Crippen molar-refractivity contribution in [3.8, 4) is 0 Å². The van der Waals surface area contributed by atoms with Crippen LogP contribution in [0.2, 0.25) is 0 Å². The van der Waals surface area contributed by atoms with Crippen LogP contribution in [0, 0.1) is 0 Å². The third-order valence-electron chi connectivity index (χ3n) is 2.46. The molecule has 0 saturated heterocycles. The Balaban J connectivity index is 3.14. The molecular formula is C12H16F3N3O2. The lowest BCUT2D eigenvalue weighted by Crippen LogP contribution is -2.36. The number of carbonyl (C=O) groups is 1. The second-order valence-electron chi connectivity index (χ2n) is 4.14. The molecule has 0 bridgehead atoms. The normalized spacial score (nSPS) is 11.2. The van der Waals surface area contributed by atoms with Crippen molar-refractivity contribution in [1.82, 2.24) is 4.98 Å². The van der Waals surface area contributed by atoms with Gasteiger partial charge in [-0.1, -0.05) is 6.92 Å². The van der Waals surface area contributed by atoms with Crippen LogP contribution in [0.1, 0.15) is 23.8 Å². The maximum absolute atomic E-state index is 12.6. The van der Waals surface area contributed by atoms with E-state index >= 15 is 0 Å². The van der Waals surface area contributed by atoms with Gasteiger partial charge in [-0.15, -0.1) is 0 Å². The van der Waals surface area contributed by atoms with Crippen LogP contribution >= 0.6 is 0 Å². The molecule has 0 spiro atoms. The van der Waals surface area contributed by atoms with E-state index in [0.29, 0.717) is 6.42 Å².